The zero-order valence-corrected chi connectivity index (χ0v) is 33.4. The number of hydrogen-bond acceptors (Lipinski definition) is 11. The highest BCUT2D eigenvalue weighted by Crippen LogP contribution is 1.89. The Kier molecular flexibility index (Phi) is 52.7. The van der Waals surface area contributed by atoms with Crippen molar-refractivity contribution in [2.24, 2.45) is 5.92 Å². The van der Waals surface area contributed by atoms with E-state index in [2.05, 4.69) is 42.5 Å². The minimum Gasteiger partial charge on any atom is -0.378 e. The Labute approximate surface area is 327 Å². The van der Waals surface area contributed by atoms with Gasteiger partial charge in [0.25, 0.3) is 0 Å². The van der Waals surface area contributed by atoms with Gasteiger partial charge in [-0.15, -0.1) is 0 Å². The largest absolute Gasteiger partial charge is 0.378 e. The molecule has 0 aromatic carbocycles. The first kappa shape index (κ1) is 64.6. The molecule has 0 atom stereocenters. The monoisotopic (exact) mass is 797 g/mol. The van der Waals surface area contributed by atoms with Gasteiger partial charge < -0.3 is 57.1 Å². The molecule has 0 radical (unpaired) electrons. The Morgan fingerprint density at radius 3 is 0.818 bits per heavy atom. The van der Waals surface area contributed by atoms with Crippen molar-refractivity contribution in [1.82, 2.24) is 52.3 Å². The summed E-state index contributed by atoms with van der Waals surface area (Å²) in [5.41, 5.74) is 0. The first-order chi connectivity index (χ1) is 24.7. The minimum atomic E-state index is -0.227. The fraction of sp³-hybridized carbons (Fsp3) is 0.706. The Balaban J connectivity index is -0.000000109. The molecule has 0 saturated carbocycles. The van der Waals surface area contributed by atoms with E-state index in [-0.39, 0.29) is 101 Å². The molecule has 0 saturated heterocycles. The van der Waals surface area contributed by atoms with E-state index in [9.17, 15) is 47.9 Å². The van der Waals surface area contributed by atoms with Gasteiger partial charge in [-0.1, -0.05) is 35.6 Å². The molecule has 21 nitrogen and oxygen atoms in total. The van der Waals surface area contributed by atoms with Gasteiger partial charge in [0.05, 0.1) is 32.8 Å². The predicted molar refractivity (Wildman–Crippen MR) is 210 cm³/mol. The van der Waals surface area contributed by atoms with Crippen LogP contribution in [0.15, 0.2) is 0 Å². The van der Waals surface area contributed by atoms with Crippen molar-refractivity contribution in [3.05, 3.63) is 0 Å². The van der Waals surface area contributed by atoms with Crippen LogP contribution in [0.5, 0.6) is 0 Å². The van der Waals surface area contributed by atoms with Crippen molar-refractivity contribution < 1.29 is 52.7 Å². The van der Waals surface area contributed by atoms with Crippen molar-refractivity contribution in [2.45, 2.75) is 97.1 Å². The summed E-state index contributed by atoms with van der Waals surface area (Å²) >= 11 is 0. The number of ether oxygens (including phenoxy) is 1. The Bertz CT molecular complexity index is 980. The maximum absolute atomic E-state index is 10.5. The van der Waals surface area contributed by atoms with E-state index in [0.717, 1.165) is 0 Å². The van der Waals surface area contributed by atoms with Gasteiger partial charge in [-0.25, -0.2) is 0 Å². The van der Waals surface area contributed by atoms with Crippen LogP contribution in [0.1, 0.15) is 91.0 Å². The minimum absolute atomic E-state index is 0. The van der Waals surface area contributed by atoms with E-state index in [1.807, 2.05) is 20.8 Å². The molecule has 0 aliphatic heterocycles. The smallest absolute Gasteiger partial charge is 0.218 e. The molecule has 21 heteroatoms. The molecule has 324 valence electrons. The van der Waals surface area contributed by atoms with Crippen LogP contribution in [0.3, 0.4) is 0 Å². The second-order valence-electron chi connectivity index (χ2n) is 10.7. The van der Waals surface area contributed by atoms with Crippen molar-refractivity contribution in [3.8, 4) is 0 Å². The Morgan fingerprint density at radius 1 is 0.455 bits per heavy atom. The molecule has 0 bridgehead atoms. The highest BCUT2D eigenvalue weighted by atomic mass is 16.5. The molecule has 10 amide bonds. The second kappa shape index (κ2) is 44.8. The number of amides is 10. The third-order valence-corrected chi connectivity index (χ3v) is 5.31. The molecule has 0 aromatic rings. The van der Waals surface area contributed by atoms with Gasteiger partial charge in [-0.05, 0) is 5.92 Å². The molecular formula is C34H72N10O11. The molecule has 0 aromatic heterocycles. The summed E-state index contributed by atoms with van der Waals surface area (Å²) in [6, 6.07) is 0. The number of rotatable bonds is 19. The molecule has 0 aliphatic carbocycles. The first-order valence-electron chi connectivity index (χ1n) is 16.6. The van der Waals surface area contributed by atoms with E-state index in [1.165, 1.54) is 72.3 Å². The second-order valence-corrected chi connectivity index (χ2v) is 10.7. The fourth-order valence-electron chi connectivity index (χ4n) is 2.57. The zero-order valence-electron chi connectivity index (χ0n) is 33.4. The summed E-state index contributed by atoms with van der Waals surface area (Å²) in [6.45, 7) is 19.6. The highest BCUT2D eigenvalue weighted by Gasteiger charge is 2.08. The van der Waals surface area contributed by atoms with Crippen LogP contribution >= 0.6 is 0 Å². The van der Waals surface area contributed by atoms with Gasteiger partial charge in [-0.2, -0.15) is 0 Å². The Hall–Kier alpha value is -5.34. The lowest BCUT2D eigenvalue weighted by atomic mass is 10.2. The molecular weight excluding hydrogens is 724 g/mol. The normalized spacial score (nSPS) is 8.69. The molecule has 0 spiro atoms. The summed E-state index contributed by atoms with van der Waals surface area (Å²) in [7, 11) is 1.54. The lowest BCUT2D eigenvalue weighted by Gasteiger charge is -2.17. The van der Waals surface area contributed by atoms with Gasteiger partial charge in [-0.3, -0.25) is 47.9 Å². The van der Waals surface area contributed by atoms with Crippen LogP contribution in [-0.2, 0) is 52.7 Å². The van der Waals surface area contributed by atoms with Gasteiger partial charge >= 0.3 is 0 Å². The molecule has 55 heavy (non-hydrogen) atoms. The predicted octanol–water partition coefficient (Wildman–Crippen LogP) is -1.27. The van der Waals surface area contributed by atoms with Crippen LogP contribution in [0.25, 0.3) is 0 Å². The van der Waals surface area contributed by atoms with Gasteiger partial charge in [0.1, 0.15) is 0 Å². The lowest BCUT2D eigenvalue weighted by Crippen LogP contribution is -2.42. The maximum atomic E-state index is 10.5. The van der Waals surface area contributed by atoms with Crippen LogP contribution in [-0.4, -0.2) is 136 Å². The van der Waals surface area contributed by atoms with E-state index in [4.69, 9.17) is 4.74 Å². The first-order valence-corrected chi connectivity index (χ1v) is 16.6. The summed E-state index contributed by atoms with van der Waals surface area (Å²) in [5, 5.41) is 20.3. The van der Waals surface area contributed by atoms with Crippen molar-refractivity contribution in [1.29, 1.82) is 0 Å². The average Bonchev–Trinajstić information content (AvgIpc) is 3.07. The van der Waals surface area contributed by atoms with E-state index >= 15 is 0 Å². The average molecular weight is 797 g/mol. The number of hydrogen-bond donors (Lipinski definition) is 8. The molecule has 0 aliphatic rings. The number of methoxy groups -OCH3 is 1. The topological polar surface area (TPSA) is 283 Å². The highest BCUT2D eigenvalue weighted by molar-refractivity contribution is 5.75. The van der Waals surface area contributed by atoms with E-state index < -0.39 is 0 Å². The van der Waals surface area contributed by atoms with Crippen LogP contribution in [0.4, 0.5) is 0 Å². The summed E-state index contributed by atoms with van der Waals surface area (Å²) in [6.07, 6.45) is 0.922. The van der Waals surface area contributed by atoms with Crippen molar-refractivity contribution >= 4 is 60.1 Å². The van der Waals surface area contributed by atoms with E-state index in [1.54, 1.807) is 0 Å². The van der Waals surface area contributed by atoms with Gasteiger partial charge in [0.2, 0.25) is 60.1 Å². The molecule has 8 N–H and O–H groups in total. The number of nitrogens with zero attached hydrogens (tertiary/aromatic N) is 2. The Morgan fingerprint density at radius 2 is 0.655 bits per heavy atom. The summed E-state index contributed by atoms with van der Waals surface area (Å²) in [5.74, 6) is -0.921. The number of nitrogens with one attached hydrogen (secondary N) is 8. The fourth-order valence-corrected chi connectivity index (χ4v) is 2.57. The van der Waals surface area contributed by atoms with Gasteiger partial charge in [0.15, 0.2) is 0 Å². The SMILES string of the molecule is C.C.CC.CC(=O)NCC(C)CNC(C)=O.CC(=O)NCN(C=O)CNC(C)=O.CC(=O)NCN(C=O)CNC(C)=O.COC(CNC(C)=O)CNC(C)=O. The molecule has 0 heterocycles. The standard InChI is InChI=1S/C8H16N2O3.C8H16N2O2.2C7H13N3O3.C2H6.2CH4/c1-6(11)9-4-8(13-3)5-10-7(2)12;1-6(4-9-7(2)11)5-10-8(3)12;2*1-6(12)8-3-10(5-11)4-9-7(2)13;1-2;;/h8H,4-5H2,1-3H3,(H,9,11)(H,10,12);6H,4-5H2,1-3H3,(H,9,11)(H,10,12);2*5H,3-4H2,1-2H3,(H,8,12)(H,9,13);1-2H3;2*1H4. The molecule has 0 fully saturated rings. The third kappa shape index (κ3) is 64.1. The summed E-state index contributed by atoms with van der Waals surface area (Å²) in [4.78, 5) is 107. The lowest BCUT2D eigenvalue weighted by molar-refractivity contribution is -0.126. The van der Waals surface area contributed by atoms with Crippen molar-refractivity contribution in [2.75, 3.05) is 60.0 Å². The van der Waals surface area contributed by atoms with E-state index in [0.29, 0.717) is 39.0 Å². The number of carbonyl (C=O) groups excluding carboxylic acids is 10. The van der Waals surface area contributed by atoms with Crippen molar-refractivity contribution in [3.63, 3.8) is 0 Å². The quantitative estimate of drug-likeness (QED) is 0.0564. The number of carbonyl (C=O) groups is 10. The zero-order chi connectivity index (χ0) is 42.4. The van der Waals surface area contributed by atoms with Crippen LogP contribution < -0.4 is 42.5 Å². The molecule has 0 unspecified atom stereocenters. The maximum Gasteiger partial charge on any atom is 0.218 e. The third-order valence-electron chi connectivity index (χ3n) is 5.31. The molecule has 0 rings (SSSR count). The summed E-state index contributed by atoms with van der Waals surface area (Å²) < 4.78 is 5.02. The van der Waals surface area contributed by atoms with Gasteiger partial charge in [0, 0.05) is 88.7 Å². The van der Waals surface area contributed by atoms with Crippen LogP contribution in [0, 0.1) is 5.92 Å². The van der Waals surface area contributed by atoms with Crippen LogP contribution in [0.2, 0.25) is 0 Å².